The molecule has 0 atom stereocenters. The van der Waals surface area contributed by atoms with Gasteiger partial charge in [0.15, 0.2) is 5.75 Å². The van der Waals surface area contributed by atoms with Crippen LogP contribution in [0.3, 0.4) is 0 Å². The highest BCUT2D eigenvalue weighted by atomic mass is 16.5. The quantitative estimate of drug-likeness (QED) is 0.766. The van der Waals surface area contributed by atoms with Crippen molar-refractivity contribution in [1.29, 1.82) is 0 Å². The van der Waals surface area contributed by atoms with Crippen molar-refractivity contribution in [3.8, 4) is 5.75 Å². The van der Waals surface area contributed by atoms with Crippen molar-refractivity contribution in [3.63, 3.8) is 0 Å². The highest BCUT2D eigenvalue weighted by molar-refractivity contribution is 5.13. The van der Waals surface area contributed by atoms with Gasteiger partial charge in [0.05, 0.1) is 19.0 Å². The first-order chi connectivity index (χ1) is 8.38. The predicted octanol–water partition coefficient (Wildman–Crippen LogP) is 2.31. The lowest BCUT2D eigenvalue weighted by molar-refractivity contribution is 0.321. The molecule has 0 radical (unpaired) electrons. The molecule has 90 valence electrons. The third-order valence-corrected chi connectivity index (χ3v) is 2.47. The van der Waals surface area contributed by atoms with E-state index in [4.69, 9.17) is 4.74 Å². The average molecular weight is 231 g/mol. The number of aryl methyl sites for hydroxylation is 1. The molecule has 4 heteroatoms. The Morgan fingerprint density at radius 1 is 1.29 bits per heavy atom. The molecule has 17 heavy (non-hydrogen) atoms. The van der Waals surface area contributed by atoms with E-state index in [-0.39, 0.29) is 0 Å². The van der Waals surface area contributed by atoms with E-state index in [0.29, 0.717) is 6.61 Å². The van der Waals surface area contributed by atoms with Crippen LogP contribution in [0.25, 0.3) is 0 Å². The molecule has 2 aromatic rings. The molecule has 2 rings (SSSR count). The first kappa shape index (κ1) is 11.6. The molecule has 0 saturated carbocycles. The highest BCUT2D eigenvalue weighted by Gasteiger charge is 1.99. The number of ether oxygens (including phenoxy) is 1. The lowest BCUT2D eigenvalue weighted by atomic mass is 10.2. The summed E-state index contributed by atoms with van der Waals surface area (Å²) in [7, 11) is 0. The van der Waals surface area contributed by atoms with Gasteiger partial charge in [0.25, 0.3) is 0 Å². The molecule has 0 fully saturated rings. The lowest BCUT2D eigenvalue weighted by Gasteiger charge is -2.02. The SMILES string of the molecule is CCCn1cc(OCCc2ccncc2)cn1. The zero-order valence-electron chi connectivity index (χ0n) is 10.0. The molecule has 4 nitrogen and oxygen atoms in total. The van der Waals surface area contributed by atoms with Gasteiger partial charge in [-0.1, -0.05) is 6.92 Å². The maximum absolute atomic E-state index is 5.63. The summed E-state index contributed by atoms with van der Waals surface area (Å²) >= 11 is 0. The molecule has 0 unspecified atom stereocenters. The van der Waals surface area contributed by atoms with E-state index in [0.717, 1.165) is 25.1 Å². The van der Waals surface area contributed by atoms with Crippen molar-refractivity contribution in [1.82, 2.24) is 14.8 Å². The highest BCUT2D eigenvalue weighted by Crippen LogP contribution is 2.09. The first-order valence-corrected chi connectivity index (χ1v) is 5.92. The Morgan fingerprint density at radius 2 is 2.12 bits per heavy atom. The summed E-state index contributed by atoms with van der Waals surface area (Å²) in [5.41, 5.74) is 1.24. The van der Waals surface area contributed by atoms with Crippen molar-refractivity contribution in [2.75, 3.05) is 6.61 Å². The summed E-state index contributed by atoms with van der Waals surface area (Å²) in [6.45, 7) is 3.74. The van der Waals surface area contributed by atoms with E-state index in [9.17, 15) is 0 Å². The van der Waals surface area contributed by atoms with Gasteiger partial charge in [-0.25, -0.2) is 0 Å². The summed E-state index contributed by atoms with van der Waals surface area (Å²) in [4.78, 5) is 3.98. The standard InChI is InChI=1S/C13H17N3O/c1-2-8-16-11-13(10-15-16)17-9-5-12-3-6-14-7-4-12/h3-4,6-7,10-11H,2,5,8-9H2,1H3. The smallest absolute Gasteiger partial charge is 0.157 e. The van der Waals surface area contributed by atoms with Crippen LogP contribution < -0.4 is 4.74 Å². The lowest BCUT2D eigenvalue weighted by Crippen LogP contribution is -2.01. The predicted molar refractivity (Wildman–Crippen MR) is 66.0 cm³/mol. The Hall–Kier alpha value is -1.84. The van der Waals surface area contributed by atoms with E-state index in [1.54, 1.807) is 18.6 Å². The molecular formula is C13H17N3O. The van der Waals surface area contributed by atoms with Gasteiger partial charge >= 0.3 is 0 Å². The van der Waals surface area contributed by atoms with Crippen LogP contribution >= 0.6 is 0 Å². The van der Waals surface area contributed by atoms with Crippen LogP contribution in [0.2, 0.25) is 0 Å². The number of pyridine rings is 1. The zero-order valence-corrected chi connectivity index (χ0v) is 10.0. The van der Waals surface area contributed by atoms with Crippen LogP contribution in [0.5, 0.6) is 5.75 Å². The second-order valence-corrected chi connectivity index (χ2v) is 3.89. The van der Waals surface area contributed by atoms with Gasteiger partial charge in [0.1, 0.15) is 0 Å². The largest absolute Gasteiger partial charge is 0.490 e. The maximum Gasteiger partial charge on any atom is 0.157 e. The molecule has 2 heterocycles. The van der Waals surface area contributed by atoms with Crippen LogP contribution in [-0.4, -0.2) is 21.4 Å². The number of aromatic nitrogens is 3. The Labute approximate surface area is 101 Å². The molecule has 0 bridgehead atoms. The maximum atomic E-state index is 5.63. The molecule has 0 aromatic carbocycles. The zero-order chi connectivity index (χ0) is 11.9. The third-order valence-electron chi connectivity index (χ3n) is 2.47. The van der Waals surface area contributed by atoms with Crippen LogP contribution in [0.15, 0.2) is 36.9 Å². The van der Waals surface area contributed by atoms with Crippen LogP contribution in [0.1, 0.15) is 18.9 Å². The second-order valence-electron chi connectivity index (χ2n) is 3.89. The van der Waals surface area contributed by atoms with Gasteiger partial charge in [-0.05, 0) is 24.1 Å². The van der Waals surface area contributed by atoms with Gasteiger partial charge in [0.2, 0.25) is 0 Å². The molecule has 0 N–H and O–H groups in total. The second kappa shape index (κ2) is 6.03. The van der Waals surface area contributed by atoms with E-state index in [1.165, 1.54) is 5.56 Å². The van der Waals surface area contributed by atoms with Crippen LogP contribution in [0.4, 0.5) is 0 Å². The Morgan fingerprint density at radius 3 is 2.88 bits per heavy atom. The molecule has 0 aliphatic carbocycles. The van der Waals surface area contributed by atoms with E-state index < -0.39 is 0 Å². The Kier molecular flexibility index (Phi) is 4.13. The third kappa shape index (κ3) is 3.59. The minimum atomic E-state index is 0.668. The molecule has 0 saturated heterocycles. The summed E-state index contributed by atoms with van der Waals surface area (Å²) in [5, 5.41) is 4.21. The van der Waals surface area contributed by atoms with Gasteiger partial charge < -0.3 is 4.74 Å². The number of hydrogen-bond acceptors (Lipinski definition) is 3. The monoisotopic (exact) mass is 231 g/mol. The van der Waals surface area contributed by atoms with E-state index in [1.807, 2.05) is 23.0 Å². The molecule has 0 amide bonds. The first-order valence-electron chi connectivity index (χ1n) is 5.92. The van der Waals surface area contributed by atoms with Crippen molar-refractivity contribution in [3.05, 3.63) is 42.5 Å². The molecule has 2 aromatic heterocycles. The minimum absolute atomic E-state index is 0.668. The van der Waals surface area contributed by atoms with Crippen LogP contribution in [-0.2, 0) is 13.0 Å². The van der Waals surface area contributed by atoms with Gasteiger partial charge in [0, 0.05) is 25.4 Å². The molecule has 0 aliphatic heterocycles. The topological polar surface area (TPSA) is 39.9 Å². The number of hydrogen-bond donors (Lipinski definition) is 0. The van der Waals surface area contributed by atoms with E-state index >= 15 is 0 Å². The molecule has 0 spiro atoms. The summed E-state index contributed by atoms with van der Waals surface area (Å²) in [5.74, 6) is 0.840. The van der Waals surface area contributed by atoms with Gasteiger partial charge in [-0.2, -0.15) is 5.10 Å². The Balaban J connectivity index is 1.78. The molecular weight excluding hydrogens is 214 g/mol. The van der Waals surface area contributed by atoms with Crippen molar-refractivity contribution in [2.24, 2.45) is 0 Å². The van der Waals surface area contributed by atoms with Gasteiger partial charge in [-0.3, -0.25) is 9.67 Å². The fraction of sp³-hybridized carbons (Fsp3) is 0.385. The molecule has 0 aliphatic rings. The number of rotatable bonds is 6. The fourth-order valence-corrected chi connectivity index (χ4v) is 1.61. The summed E-state index contributed by atoms with van der Waals surface area (Å²) in [6, 6.07) is 4.01. The van der Waals surface area contributed by atoms with Crippen molar-refractivity contribution < 1.29 is 4.74 Å². The normalized spacial score (nSPS) is 10.4. The van der Waals surface area contributed by atoms with Crippen molar-refractivity contribution >= 4 is 0 Å². The minimum Gasteiger partial charge on any atom is -0.490 e. The van der Waals surface area contributed by atoms with E-state index in [2.05, 4.69) is 17.0 Å². The van der Waals surface area contributed by atoms with Crippen molar-refractivity contribution in [2.45, 2.75) is 26.3 Å². The summed E-state index contributed by atoms with van der Waals surface area (Å²) in [6.07, 6.45) is 9.28. The summed E-state index contributed by atoms with van der Waals surface area (Å²) < 4.78 is 7.54. The van der Waals surface area contributed by atoms with Crippen LogP contribution in [0, 0.1) is 0 Å². The number of nitrogens with zero attached hydrogens (tertiary/aromatic N) is 3. The average Bonchev–Trinajstić information content (AvgIpc) is 2.79. The Bertz CT molecular complexity index is 439. The fourth-order valence-electron chi connectivity index (χ4n) is 1.61. The van der Waals surface area contributed by atoms with Gasteiger partial charge in [-0.15, -0.1) is 0 Å².